The molecule has 0 spiro atoms. The lowest BCUT2D eigenvalue weighted by molar-refractivity contribution is -0.889. The molecule has 0 aliphatic heterocycles. The van der Waals surface area contributed by atoms with Crippen LogP contribution < -0.4 is 5.11 Å². The summed E-state index contributed by atoms with van der Waals surface area (Å²) in [5, 5.41) is 11.7. The number of carbonyl (C=O) groups excluding carboxylic acids is 3. The SMILES string of the molecule is CC/C=C/C/C=C/C/C=C/C/C=C/C/C=C/C/C=C/CCCCCC(=O)OC(COCCC(C(=O)[O-])[N+](C)(C)C)COC(=O)CCCCCCCCCCC/C=C/C/C=C/C/C=C/C/C=C/CC. The Labute approximate surface area is 416 Å². The number of hydrogen-bond acceptors (Lipinski definition) is 7. The van der Waals surface area contributed by atoms with Gasteiger partial charge < -0.3 is 28.6 Å². The number of hydrogen-bond donors (Lipinski definition) is 0. The van der Waals surface area contributed by atoms with Gasteiger partial charge in [0.05, 0.1) is 40.3 Å². The number of ether oxygens (including phenoxy) is 3. The topological polar surface area (TPSA) is 102 Å². The van der Waals surface area contributed by atoms with Gasteiger partial charge in [0.25, 0.3) is 0 Å². The van der Waals surface area contributed by atoms with Crippen molar-refractivity contribution in [1.29, 1.82) is 0 Å². The Morgan fingerprint density at radius 2 is 0.779 bits per heavy atom. The summed E-state index contributed by atoms with van der Waals surface area (Å²) in [5.41, 5.74) is 0. The zero-order valence-electron chi connectivity index (χ0n) is 43.7. The molecule has 0 aromatic rings. The Kier molecular flexibility index (Phi) is 46.1. The molecule has 0 saturated heterocycles. The van der Waals surface area contributed by atoms with Gasteiger partial charge in [0.2, 0.25) is 0 Å². The summed E-state index contributed by atoms with van der Waals surface area (Å²) in [5.74, 6) is -1.80. The van der Waals surface area contributed by atoms with Gasteiger partial charge in [-0.2, -0.15) is 0 Å². The Balaban J connectivity index is 4.33. The van der Waals surface area contributed by atoms with Crippen molar-refractivity contribution >= 4 is 17.9 Å². The van der Waals surface area contributed by atoms with Gasteiger partial charge in [0.15, 0.2) is 6.10 Å². The van der Waals surface area contributed by atoms with Crippen LogP contribution in [-0.2, 0) is 28.6 Å². The summed E-state index contributed by atoms with van der Waals surface area (Å²) >= 11 is 0. The van der Waals surface area contributed by atoms with Crippen molar-refractivity contribution in [3.05, 3.63) is 122 Å². The summed E-state index contributed by atoms with van der Waals surface area (Å²) in [6, 6.07) is -0.742. The Morgan fingerprint density at radius 3 is 1.16 bits per heavy atom. The van der Waals surface area contributed by atoms with Crippen LogP contribution >= 0.6 is 0 Å². The van der Waals surface area contributed by atoms with Crippen LogP contribution in [0.2, 0.25) is 0 Å². The van der Waals surface area contributed by atoms with E-state index >= 15 is 0 Å². The van der Waals surface area contributed by atoms with Crippen molar-refractivity contribution < 1.29 is 38.2 Å². The number of carboxylic acids is 1. The molecule has 0 aliphatic rings. The molecule has 8 nitrogen and oxygen atoms in total. The van der Waals surface area contributed by atoms with Gasteiger partial charge in [-0.1, -0.05) is 187 Å². The van der Waals surface area contributed by atoms with Crippen molar-refractivity contribution in [1.82, 2.24) is 0 Å². The minimum absolute atomic E-state index is 0.0169. The average Bonchev–Trinajstić information content (AvgIpc) is 3.30. The maximum absolute atomic E-state index is 12.8. The fourth-order valence-electron chi connectivity index (χ4n) is 7.06. The first kappa shape index (κ1) is 63.7. The molecule has 0 amide bonds. The van der Waals surface area contributed by atoms with Crippen LogP contribution in [0.5, 0.6) is 0 Å². The van der Waals surface area contributed by atoms with E-state index in [1.54, 1.807) is 21.1 Å². The molecule has 0 aromatic heterocycles. The lowest BCUT2D eigenvalue weighted by atomic mass is 10.1. The molecular formula is C60H97NO7. The first-order valence-electron chi connectivity index (χ1n) is 26.6. The second-order valence-electron chi connectivity index (χ2n) is 18.3. The molecule has 0 fully saturated rings. The van der Waals surface area contributed by atoms with E-state index in [1.165, 1.54) is 38.5 Å². The monoisotopic (exact) mass is 944 g/mol. The summed E-state index contributed by atoms with van der Waals surface area (Å²) in [6.07, 6.45) is 69.4. The van der Waals surface area contributed by atoms with E-state index < -0.39 is 18.1 Å². The van der Waals surface area contributed by atoms with Crippen LogP contribution in [0.1, 0.15) is 187 Å². The van der Waals surface area contributed by atoms with Crippen molar-refractivity contribution in [3.63, 3.8) is 0 Å². The van der Waals surface area contributed by atoms with E-state index in [-0.39, 0.29) is 49.1 Å². The minimum Gasteiger partial charge on any atom is -0.544 e. The highest BCUT2D eigenvalue weighted by Gasteiger charge is 2.25. The standard InChI is InChI=1S/C60H97NO7/c1-6-8-10-12-14-16-18-20-22-24-26-28-30-32-34-36-38-40-42-44-46-48-50-58(62)67-55-56(54-66-53-52-57(60(64)65)61(3,4)5)68-59(63)51-49-47-45-43-41-39-37-35-33-31-29-27-25-23-21-19-17-15-13-11-9-7-2/h8-11,14-17,20-23,26-29,33,35,39,41,56-57H,6-7,12-13,18-19,24-25,30-32,34,36-38,40,42-55H2,1-5H3/b10-8+,11-9+,16-14+,17-15+,22-20+,23-21+,28-26+,29-27+,35-33+,41-39+. The number of quaternary nitrogens is 1. The first-order valence-corrected chi connectivity index (χ1v) is 26.6. The maximum Gasteiger partial charge on any atom is 0.306 e. The number of carbonyl (C=O) groups is 3. The van der Waals surface area contributed by atoms with Crippen molar-refractivity contribution in [2.24, 2.45) is 0 Å². The number of esters is 2. The van der Waals surface area contributed by atoms with Crippen LogP contribution in [0.4, 0.5) is 0 Å². The molecule has 0 heterocycles. The number of unbranched alkanes of at least 4 members (excludes halogenated alkanes) is 12. The Hall–Kier alpha value is -4.27. The third-order valence-corrected chi connectivity index (χ3v) is 11.1. The number of likely N-dealkylation sites (N-methyl/N-ethyl adjacent to an activating group) is 1. The van der Waals surface area contributed by atoms with E-state index in [4.69, 9.17) is 14.2 Å². The largest absolute Gasteiger partial charge is 0.544 e. The molecule has 0 saturated carbocycles. The third kappa shape index (κ3) is 46.8. The predicted octanol–water partition coefficient (Wildman–Crippen LogP) is 14.4. The lowest BCUT2D eigenvalue weighted by Crippen LogP contribution is -2.55. The van der Waals surface area contributed by atoms with E-state index in [9.17, 15) is 19.5 Å². The van der Waals surface area contributed by atoms with Gasteiger partial charge in [-0.25, -0.2) is 0 Å². The number of allylic oxidation sites excluding steroid dienone is 20. The van der Waals surface area contributed by atoms with Crippen LogP contribution in [0.3, 0.4) is 0 Å². The van der Waals surface area contributed by atoms with Crippen LogP contribution in [-0.4, -0.2) is 75.5 Å². The minimum atomic E-state index is -1.14. The van der Waals surface area contributed by atoms with Gasteiger partial charge in [-0.15, -0.1) is 0 Å². The molecule has 2 unspecified atom stereocenters. The number of rotatable bonds is 46. The summed E-state index contributed by atoms with van der Waals surface area (Å²) in [6.45, 7) is 4.38. The predicted molar refractivity (Wildman–Crippen MR) is 286 cm³/mol. The Bertz CT molecular complexity index is 1520. The van der Waals surface area contributed by atoms with E-state index in [2.05, 4.69) is 135 Å². The van der Waals surface area contributed by atoms with Gasteiger partial charge in [-0.3, -0.25) is 9.59 Å². The fraction of sp³-hybridized carbons (Fsp3) is 0.617. The number of aliphatic carboxylic acids is 1. The maximum atomic E-state index is 12.8. The lowest BCUT2D eigenvalue weighted by Gasteiger charge is -2.34. The van der Waals surface area contributed by atoms with Gasteiger partial charge >= 0.3 is 11.9 Å². The van der Waals surface area contributed by atoms with Crippen molar-refractivity contribution in [2.45, 2.75) is 199 Å². The smallest absolute Gasteiger partial charge is 0.306 e. The van der Waals surface area contributed by atoms with E-state index in [0.29, 0.717) is 12.8 Å². The normalized spacial score (nSPS) is 13.8. The van der Waals surface area contributed by atoms with Crippen LogP contribution in [0, 0.1) is 0 Å². The molecule has 0 rings (SSSR count). The molecule has 0 bridgehead atoms. The number of carboxylic acid groups (broad SMARTS) is 1. The quantitative estimate of drug-likeness (QED) is 0.0259. The molecule has 68 heavy (non-hydrogen) atoms. The second-order valence-corrected chi connectivity index (χ2v) is 18.3. The fourth-order valence-corrected chi connectivity index (χ4v) is 7.06. The van der Waals surface area contributed by atoms with Crippen molar-refractivity contribution in [3.8, 4) is 0 Å². The van der Waals surface area contributed by atoms with Crippen molar-refractivity contribution in [2.75, 3.05) is 41.0 Å². The molecule has 2 atom stereocenters. The summed E-state index contributed by atoms with van der Waals surface area (Å²) < 4.78 is 17.2. The molecule has 8 heteroatoms. The molecule has 0 N–H and O–H groups in total. The van der Waals surface area contributed by atoms with Gasteiger partial charge in [0.1, 0.15) is 12.6 Å². The molecule has 0 aliphatic carbocycles. The highest BCUT2D eigenvalue weighted by molar-refractivity contribution is 5.70. The summed E-state index contributed by atoms with van der Waals surface area (Å²) in [7, 11) is 5.39. The Morgan fingerprint density at radius 1 is 0.441 bits per heavy atom. The molecule has 0 radical (unpaired) electrons. The zero-order valence-corrected chi connectivity index (χ0v) is 43.7. The molecule has 0 aromatic carbocycles. The van der Waals surface area contributed by atoms with E-state index in [1.807, 2.05) is 0 Å². The second kappa shape index (κ2) is 49.2. The van der Waals surface area contributed by atoms with Crippen LogP contribution in [0.15, 0.2) is 122 Å². The number of nitrogens with zero attached hydrogens (tertiary/aromatic N) is 1. The summed E-state index contributed by atoms with van der Waals surface area (Å²) in [4.78, 5) is 37.1. The highest BCUT2D eigenvalue weighted by Crippen LogP contribution is 2.14. The van der Waals surface area contributed by atoms with E-state index in [0.717, 1.165) is 109 Å². The average molecular weight is 944 g/mol. The van der Waals surface area contributed by atoms with Gasteiger partial charge in [-0.05, 0) is 103 Å². The molecule has 384 valence electrons. The molecular weight excluding hydrogens is 847 g/mol. The first-order chi connectivity index (χ1) is 33.1. The zero-order chi connectivity index (χ0) is 49.9. The highest BCUT2D eigenvalue weighted by atomic mass is 16.6. The third-order valence-electron chi connectivity index (χ3n) is 11.1. The van der Waals surface area contributed by atoms with Gasteiger partial charge in [0, 0.05) is 19.3 Å². The van der Waals surface area contributed by atoms with Crippen LogP contribution in [0.25, 0.3) is 0 Å².